The van der Waals surface area contributed by atoms with Gasteiger partial charge in [0.25, 0.3) is 5.89 Å². The maximum absolute atomic E-state index is 12.3. The summed E-state index contributed by atoms with van der Waals surface area (Å²) in [4.78, 5) is 23.3. The maximum atomic E-state index is 12.3. The fourth-order valence-corrected chi connectivity index (χ4v) is 4.04. The van der Waals surface area contributed by atoms with Gasteiger partial charge in [0.2, 0.25) is 11.7 Å². The lowest BCUT2D eigenvalue weighted by Gasteiger charge is -2.15. The third-order valence-corrected chi connectivity index (χ3v) is 5.74. The second kappa shape index (κ2) is 8.82. The summed E-state index contributed by atoms with van der Waals surface area (Å²) in [5.41, 5.74) is 3.49. The Bertz CT molecular complexity index is 1220. The van der Waals surface area contributed by atoms with E-state index in [0.29, 0.717) is 31.3 Å². The Labute approximate surface area is 185 Å². The van der Waals surface area contributed by atoms with Crippen molar-refractivity contribution in [1.29, 1.82) is 0 Å². The highest BCUT2D eigenvalue weighted by Gasteiger charge is 2.18. The second-order valence-electron chi connectivity index (χ2n) is 7.86. The van der Waals surface area contributed by atoms with Gasteiger partial charge in [-0.15, -0.1) is 0 Å². The van der Waals surface area contributed by atoms with E-state index < -0.39 is 0 Å². The molecule has 164 valence electrons. The summed E-state index contributed by atoms with van der Waals surface area (Å²) in [6, 6.07) is 13.5. The summed E-state index contributed by atoms with van der Waals surface area (Å²) in [7, 11) is 0. The Morgan fingerprint density at radius 2 is 1.88 bits per heavy atom. The minimum atomic E-state index is 0.217. The van der Waals surface area contributed by atoms with Gasteiger partial charge >= 0.3 is 0 Å². The lowest BCUT2D eigenvalue weighted by molar-refractivity contribution is -0.130. The smallest absolute Gasteiger partial charge is 0.258 e. The van der Waals surface area contributed by atoms with E-state index in [9.17, 15) is 4.79 Å². The Morgan fingerprint density at radius 3 is 2.66 bits per heavy atom. The van der Waals surface area contributed by atoms with Crippen molar-refractivity contribution in [2.45, 2.75) is 32.7 Å². The highest BCUT2D eigenvalue weighted by molar-refractivity contribution is 5.81. The molecule has 1 saturated heterocycles. The predicted octanol–water partition coefficient (Wildman–Crippen LogP) is 4.16. The average molecular weight is 431 g/mol. The molecule has 5 rings (SSSR count). The summed E-state index contributed by atoms with van der Waals surface area (Å²) < 4.78 is 13.0. The van der Waals surface area contributed by atoms with Crippen molar-refractivity contribution >= 4 is 16.9 Å². The molecule has 1 aliphatic rings. The van der Waals surface area contributed by atoms with Crippen LogP contribution in [0.2, 0.25) is 0 Å². The summed E-state index contributed by atoms with van der Waals surface area (Å²) in [6.45, 7) is 4.96. The Morgan fingerprint density at radius 1 is 1.09 bits per heavy atom. The molecule has 0 saturated carbocycles. The van der Waals surface area contributed by atoms with Gasteiger partial charge in [0, 0.05) is 37.2 Å². The zero-order chi connectivity index (χ0) is 21.9. The van der Waals surface area contributed by atoms with Crippen LogP contribution in [-0.2, 0) is 11.3 Å². The highest BCUT2D eigenvalue weighted by atomic mass is 16.5. The predicted molar refractivity (Wildman–Crippen MR) is 120 cm³/mol. The molecule has 8 heteroatoms. The number of hydrogen-bond acceptors (Lipinski definition) is 6. The van der Waals surface area contributed by atoms with Crippen LogP contribution in [0.5, 0.6) is 5.75 Å². The monoisotopic (exact) mass is 431 g/mol. The van der Waals surface area contributed by atoms with Crippen LogP contribution >= 0.6 is 0 Å². The fraction of sp³-hybridized carbons (Fsp3) is 0.333. The summed E-state index contributed by atoms with van der Waals surface area (Å²) in [5.74, 6) is 1.98. The number of carbonyl (C=O) groups is 1. The fourth-order valence-electron chi connectivity index (χ4n) is 4.04. The second-order valence-corrected chi connectivity index (χ2v) is 7.86. The molecule has 1 aliphatic heterocycles. The first-order valence-electron chi connectivity index (χ1n) is 11.0. The molecule has 0 spiro atoms. The molecule has 0 radical (unpaired) electrons. The van der Waals surface area contributed by atoms with E-state index in [1.165, 1.54) is 0 Å². The number of carbonyl (C=O) groups excluding carboxylic acids is 1. The van der Waals surface area contributed by atoms with E-state index in [0.717, 1.165) is 53.8 Å². The summed E-state index contributed by atoms with van der Waals surface area (Å²) >= 11 is 0. The van der Waals surface area contributed by atoms with Gasteiger partial charge in [0.05, 0.1) is 24.0 Å². The largest absolute Gasteiger partial charge is 0.494 e. The van der Waals surface area contributed by atoms with E-state index in [1.54, 1.807) is 6.33 Å². The molecule has 3 heterocycles. The number of rotatable bonds is 7. The number of imidazole rings is 1. The van der Waals surface area contributed by atoms with Crippen molar-refractivity contribution in [3.8, 4) is 28.6 Å². The average Bonchev–Trinajstić information content (AvgIpc) is 3.59. The molecule has 1 amide bonds. The lowest BCUT2D eigenvalue weighted by Crippen LogP contribution is -2.28. The van der Waals surface area contributed by atoms with Crippen LogP contribution in [0.1, 0.15) is 26.2 Å². The quantitative estimate of drug-likeness (QED) is 0.437. The van der Waals surface area contributed by atoms with Crippen molar-refractivity contribution in [2.24, 2.45) is 0 Å². The third-order valence-electron chi connectivity index (χ3n) is 5.74. The number of ether oxygens (including phenoxy) is 1. The Hall–Kier alpha value is -3.68. The van der Waals surface area contributed by atoms with E-state index >= 15 is 0 Å². The first kappa shape index (κ1) is 20.2. The van der Waals surface area contributed by atoms with Crippen molar-refractivity contribution in [3.05, 3.63) is 48.8 Å². The van der Waals surface area contributed by atoms with Crippen LogP contribution in [0.15, 0.2) is 53.3 Å². The lowest BCUT2D eigenvalue weighted by atomic mass is 10.2. The van der Waals surface area contributed by atoms with Crippen molar-refractivity contribution in [2.75, 3.05) is 19.7 Å². The summed E-state index contributed by atoms with van der Waals surface area (Å²) in [5, 5.41) is 4.14. The van der Waals surface area contributed by atoms with E-state index in [1.807, 2.05) is 58.9 Å². The maximum Gasteiger partial charge on any atom is 0.258 e. The number of nitrogens with zero attached hydrogens (tertiary/aromatic N) is 5. The van der Waals surface area contributed by atoms with Crippen molar-refractivity contribution in [3.63, 3.8) is 0 Å². The molecule has 1 fully saturated rings. The molecule has 0 bridgehead atoms. The van der Waals surface area contributed by atoms with Crippen molar-refractivity contribution < 1.29 is 14.1 Å². The molecule has 32 heavy (non-hydrogen) atoms. The van der Waals surface area contributed by atoms with Gasteiger partial charge in [-0.3, -0.25) is 4.79 Å². The van der Waals surface area contributed by atoms with Gasteiger partial charge in [0.15, 0.2) is 0 Å². The molecule has 0 unspecified atom stereocenters. The van der Waals surface area contributed by atoms with Gasteiger partial charge in [-0.25, -0.2) is 4.98 Å². The van der Waals surface area contributed by atoms with E-state index in [4.69, 9.17) is 9.26 Å². The van der Waals surface area contributed by atoms with Crippen LogP contribution in [0, 0.1) is 0 Å². The van der Waals surface area contributed by atoms with Crippen LogP contribution in [-0.4, -0.2) is 50.2 Å². The molecular weight excluding hydrogens is 406 g/mol. The zero-order valence-electron chi connectivity index (χ0n) is 18.0. The standard InChI is InChI=1S/C24H25N5O3/c1-2-31-19-8-5-17(6-9-19)24-26-23(27-32-24)18-7-10-21-20(15-18)25-16-29(21)14-11-22(30)28-12-3-4-13-28/h5-10,15-16H,2-4,11-14H2,1H3. The number of amides is 1. The van der Waals surface area contributed by atoms with Crippen LogP contribution in [0.3, 0.4) is 0 Å². The first-order chi connectivity index (χ1) is 15.7. The van der Waals surface area contributed by atoms with Crippen molar-refractivity contribution in [1.82, 2.24) is 24.6 Å². The number of likely N-dealkylation sites (tertiary alicyclic amines) is 1. The Balaban J connectivity index is 1.30. The van der Waals surface area contributed by atoms with Crippen LogP contribution in [0.25, 0.3) is 33.9 Å². The first-order valence-corrected chi connectivity index (χ1v) is 11.0. The number of fused-ring (bicyclic) bond motifs is 1. The Kier molecular flexibility index (Phi) is 5.58. The minimum absolute atomic E-state index is 0.217. The number of aryl methyl sites for hydroxylation is 1. The van der Waals surface area contributed by atoms with Crippen LogP contribution < -0.4 is 4.74 Å². The van der Waals surface area contributed by atoms with Gasteiger partial charge in [-0.1, -0.05) is 5.16 Å². The molecule has 0 atom stereocenters. The van der Waals surface area contributed by atoms with E-state index in [2.05, 4.69) is 15.1 Å². The van der Waals surface area contributed by atoms with Gasteiger partial charge < -0.3 is 18.7 Å². The molecule has 2 aromatic carbocycles. The van der Waals surface area contributed by atoms with Gasteiger partial charge in [0.1, 0.15) is 5.75 Å². The van der Waals surface area contributed by atoms with Gasteiger partial charge in [-0.05, 0) is 62.2 Å². The number of benzene rings is 2. The highest BCUT2D eigenvalue weighted by Crippen LogP contribution is 2.26. The number of hydrogen-bond donors (Lipinski definition) is 0. The number of aromatic nitrogens is 4. The van der Waals surface area contributed by atoms with Gasteiger partial charge in [-0.2, -0.15) is 4.98 Å². The minimum Gasteiger partial charge on any atom is -0.494 e. The normalized spacial score (nSPS) is 13.7. The molecule has 8 nitrogen and oxygen atoms in total. The molecule has 0 aliphatic carbocycles. The summed E-state index contributed by atoms with van der Waals surface area (Å²) in [6.07, 6.45) is 4.49. The van der Waals surface area contributed by atoms with Crippen LogP contribution in [0.4, 0.5) is 0 Å². The topological polar surface area (TPSA) is 86.3 Å². The molecule has 4 aromatic rings. The molecular formula is C24H25N5O3. The molecule has 2 aromatic heterocycles. The molecule has 0 N–H and O–H groups in total. The SMILES string of the molecule is CCOc1ccc(-c2nc(-c3ccc4c(c3)ncn4CCC(=O)N3CCCC3)no2)cc1. The zero-order valence-corrected chi connectivity index (χ0v) is 18.0. The third kappa shape index (κ3) is 4.08. The van der Waals surface area contributed by atoms with E-state index in [-0.39, 0.29) is 5.91 Å².